The molecule has 3 heterocycles. The highest BCUT2D eigenvalue weighted by Gasteiger charge is 2.20. The summed E-state index contributed by atoms with van der Waals surface area (Å²) in [7, 11) is 0. The van der Waals surface area contributed by atoms with Crippen LogP contribution in [0, 0.1) is 0 Å². The first-order valence-corrected chi connectivity index (χ1v) is 8.42. The number of rotatable bonds is 4. The number of nitrogens with zero attached hydrogens (tertiary/aromatic N) is 1. The van der Waals surface area contributed by atoms with Crippen LogP contribution in [-0.2, 0) is 0 Å². The van der Waals surface area contributed by atoms with Crippen molar-refractivity contribution < 1.29 is 9.59 Å². The van der Waals surface area contributed by atoms with Crippen molar-refractivity contribution in [3.05, 3.63) is 46.4 Å². The third-order valence-electron chi connectivity index (χ3n) is 3.69. The van der Waals surface area contributed by atoms with Crippen molar-refractivity contribution in [2.75, 3.05) is 18.4 Å². The smallest absolute Gasteiger partial charge is 0.263 e. The van der Waals surface area contributed by atoms with Gasteiger partial charge in [-0.2, -0.15) is 0 Å². The van der Waals surface area contributed by atoms with Gasteiger partial charge in [0.15, 0.2) is 0 Å². The number of nitrogens with one attached hydrogen (secondary N) is 3. The lowest BCUT2D eigenvalue weighted by molar-refractivity contribution is 0.0935. The van der Waals surface area contributed by atoms with Crippen LogP contribution in [0.1, 0.15) is 32.9 Å². The van der Waals surface area contributed by atoms with Gasteiger partial charge in [0.2, 0.25) is 0 Å². The molecule has 3 N–H and O–H groups in total. The van der Waals surface area contributed by atoms with Gasteiger partial charge in [0.25, 0.3) is 11.8 Å². The molecule has 2 aromatic rings. The van der Waals surface area contributed by atoms with Gasteiger partial charge in [-0.15, -0.1) is 11.3 Å². The number of hydrogen-bond donors (Lipinski definition) is 3. The fourth-order valence-electron chi connectivity index (χ4n) is 2.51. The minimum atomic E-state index is -0.251. The van der Waals surface area contributed by atoms with E-state index in [0.29, 0.717) is 16.1 Å². The maximum atomic E-state index is 12.4. The van der Waals surface area contributed by atoms with Crippen molar-refractivity contribution >= 4 is 28.8 Å². The largest absolute Gasteiger partial charge is 0.347 e. The van der Waals surface area contributed by atoms with E-state index in [2.05, 4.69) is 20.9 Å². The Morgan fingerprint density at radius 3 is 2.78 bits per heavy atom. The number of carbonyl (C=O) groups is 2. The van der Waals surface area contributed by atoms with Gasteiger partial charge in [0.1, 0.15) is 4.88 Å². The third kappa shape index (κ3) is 3.94. The summed E-state index contributed by atoms with van der Waals surface area (Å²) in [5.41, 5.74) is 1.05. The van der Waals surface area contributed by atoms with Crippen LogP contribution in [0.5, 0.6) is 0 Å². The van der Waals surface area contributed by atoms with Gasteiger partial charge in [0.05, 0.1) is 5.69 Å². The van der Waals surface area contributed by atoms with Crippen LogP contribution >= 0.6 is 11.3 Å². The van der Waals surface area contributed by atoms with Gasteiger partial charge in [-0.1, -0.05) is 0 Å². The first-order chi connectivity index (χ1) is 11.2. The molecule has 3 rings (SSSR count). The molecule has 1 aliphatic rings. The molecule has 1 fully saturated rings. The van der Waals surface area contributed by atoms with Crippen molar-refractivity contribution in [2.24, 2.45) is 0 Å². The third-order valence-corrected chi connectivity index (χ3v) is 4.61. The van der Waals surface area contributed by atoms with Crippen molar-refractivity contribution in [3.8, 4) is 0 Å². The molecule has 0 radical (unpaired) electrons. The molecule has 0 bridgehead atoms. The lowest BCUT2D eigenvalue weighted by atomic mass is 10.1. The number of amides is 2. The van der Waals surface area contributed by atoms with Crippen molar-refractivity contribution in [1.29, 1.82) is 0 Å². The van der Waals surface area contributed by atoms with Crippen molar-refractivity contribution in [1.82, 2.24) is 15.6 Å². The molecule has 7 heteroatoms. The minimum Gasteiger partial charge on any atom is -0.347 e. The Balaban J connectivity index is 1.67. The van der Waals surface area contributed by atoms with Crippen LogP contribution in [0.15, 0.2) is 36.0 Å². The van der Waals surface area contributed by atoms with Gasteiger partial charge in [-0.05, 0) is 43.0 Å². The van der Waals surface area contributed by atoms with Crippen LogP contribution < -0.4 is 16.0 Å². The highest BCUT2D eigenvalue weighted by Crippen LogP contribution is 2.23. The number of carbonyl (C=O) groups excluding carboxylic acids is 2. The highest BCUT2D eigenvalue weighted by molar-refractivity contribution is 7.12. The molecular formula is C16H18N4O2S. The maximum absolute atomic E-state index is 12.4. The molecule has 0 aromatic carbocycles. The summed E-state index contributed by atoms with van der Waals surface area (Å²) in [5.74, 6) is -0.391. The molecule has 0 spiro atoms. The average Bonchev–Trinajstić information content (AvgIpc) is 3.05. The van der Waals surface area contributed by atoms with Crippen LogP contribution in [0.2, 0.25) is 0 Å². The molecule has 120 valence electrons. The fourth-order valence-corrected chi connectivity index (χ4v) is 3.26. The number of anilines is 1. The van der Waals surface area contributed by atoms with E-state index in [1.807, 2.05) is 0 Å². The molecule has 2 amide bonds. The van der Waals surface area contributed by atoms with Gasteiger partial charge >= 0.3 is 0 Å². The lowest BCUT2D eigenvalue weighted by Gasteiger charge is -2.23. The first kappa shape index (κ1) is 15.6. The number of piperidine rings is 1. The van der Waals surface area contributed by atoms with E-state index in [-0.39, 0.29) is 17.9 Å². The van der Waals surface area contributed by atoms with E-state index in [4.69, 9.17) is 0 Å². The van der Waals surface area contributed by atoms with Gasteiger partial charge in [-0.3, -0.25) is 14.6 Å². The van der Waals surface area contributed by atoms with Crippen molar-refractivity contribution in [2.45, 2.75) is 18.9 Å². The van der Waals surface area contributed by atoms with Gasteiger partial charge in [0, 0.05) is 30.5 Å². The molecule has 1 atom stereocenters. The summed E-state index contributed by atoms with van der Waals surface area (Å²) in [6, 6.07) is 5.16. The van der Waals surface area contributed by atoms with Crippen molar-refractivity contribution in [3.63, 3.8) is 0 Å². The zero-order valence-corrected chi connectivity index (χ0v) is 13.4. The Morgan fingerprint density at radius 2 is 2.04 bits per heavy atom. The molecule has 2 aromatic heterocycles. The monoisotopic (exact) mass is 330 g/mol. The Labute approximate surface area is 138 Å². The zero-order chi connectivity index (χ0) is 16.1. The molecule has 0 saturated carbocycles. The molecule has 1 aliphatic heterocycles. The van der Waals surface area contributed by atoms with Crippen LogP contribution in [0.25, 0.3) is 0 Å². The second-order valence-electron chi connectivity index (χ2n) is 5.37. The summed E-state index contributed by atoms with van der Waals surface area (Å²) in [5, 5.41) is 10.9. The quantitative estimate of drug-likeness (QED) is 0.799. The summed E-state index contributed by atoms with van der Waals surface area (Å²) >= 11 is 1.32. The fraction of sp³-hybridized carbons (Fsp3) is 0.312. The van der Waals surface area contributed by atoms with E-state index in [9.17, 15) is 9.59 Å². The number of hydrogen-bond acceptors (Lipinski definition) is 5. The highest BCUT2D eigenvalue weighted by atomic mass is 32.1. The van der Waals surface area contributed by atoms with E-state index < -0.39 is 0 Å². The van der Waals surface area contributed by atoms with Crippen LogP contribution in [0.4, 0.5) is 5.69 Å². The molecule has 0 unspecified atom stereocenters. The molecule has 0 aliphatic carbocycles. The standard InChI is InChI=1S/C16H18N4O2S/c21-15(11-3-7-17-8-4-11)20-13-5-9-23-14(13)16(22)19-12-2-1-6-18-10-12/h3-5,7-9,12,18H,1-2,6,10H2,(H,19,22)(H,20,21)/t12-/m0/s1. The number of thiophene rings is 1. The lowest BCUT2D eigenvalue weighted by Crippen LogP contribution is -2.45. The first-order valence-electron chi connectivity index (χ1n) is 7.54. The second-order valence-corrected chi connectivity index (χ2v) is 6.29. The normalized spacial score (nSPS) is 17.5. The predicted molar refractivity (Wildman–Crippen MR) is 89.9 cm³/mol. The van der Waals surface area contributed by atoms with Gasteiger partial charge in [-0.25, -0.2) is 0 Å². The predicted octanol–water partition coefficient (Wildman–Crippen LogP) is 1.88. The number of aromatic nitrogens is 1. The zero-order valence-electron chi connectivity index (χ0n) is 12.5. The molecule has 23 heavy (non-hydrogen) atoms. The van der Waals surface area contributed by atoms with Gasteiger partial charge < -0.3 is 16.0 Å². The van der Waals surface area contributed by atoms with E-state index in [1.165, 1.54) is 11.3 Å². The molecule has 6 nitrogen and oxygen atoms in total. The topological polar surface area (TPSA) is 83.1 Å². The summed E-state index contributed by atoms with van der Waals surface area (Å²) in [4.78, 5) is 29.0. The summed E-state index contributed by atoms with van der Waals surface area (Å²) < 4.78 is 0. The van der Waals surface area contributed by atoms with Crippen LogP contribution in [0.3, 0.4) is 0 Å². The average molecular weight is 330 g/mol. The van der Waals surface area contributed by atoms with E-state index in [1.54, 1.807) is 36.0 Å². The number of pyridine rings is 1. The SMILES string of the molecule is O=C(Nc1ccsc1C(=O)N[C@H]1CCCNC1)c1ccncc1. The summed E-state index contributed by atoms with van der Waals surface area (Å²) in [6.07, 6.45) is 5.16. The van der Waals surface area contributed by atoms with Crippen LogP contribution in [-0.4, -0.2) is 35.9 Å². The second kappa shape index (κ2) is 7.34. The molecular weight excluding hydrogens is 312 g/mol. The Kier molecular flexibility index (Phi) is 4.99. The minimum absolute atomic E-state index is 0.140. The van der Waals surface area contributed by atoms with E-state index >= 15 is 0 Å². The Hall–Kier alpha value is -2.25. The maximum Gasteiger partial charge on any atom is 0.263 e. The Bertz CT molecular complexity index is 680. The molecule has 1 saturated heterocycles. The Morgan fingerprint density at radius 1 is 1.22 bits per heavy atom. The van der Waals surface area contributed by atoms with E-state index in [0.717, 1.165) is 25.9 Å². The summed E-state index contributed by atoms with van der Waals surface area (Å²) in [6.45, 7) is 1.79.